The minimum Gasteiger partial charge on any atom is -0.495 e. The van der Waals surface area contributed by atoms with Crippen LogP contribution < -0.4 is 15.2 Å². The summed E-state index contributed by atoms with van der Waals surface area (Å²) in [4.78, 5) is 0. The van der Waals surface area contributed by atoms with E-state index in [1.807, 2.05) is 0 Å². The lowest BCUT2D eigenvalue weighted by molar-refractivity contribution is 0.365. The fourth-order valence-electron chi connectivity index (χ4n) is 1.34. The van der Waals surface area contributed by atoms with Crippen LogP contribution >= 0.6 is 15.9 Å². The number of hydrogen-bond donors (Lipinski definition) is 1. The Morgan fingerprint density at radius 3 is 2.27 bits per heavy atom. The first-order valence-corrected chi connectivity index (χ1v) is 5.17. The van der Waals surface area contributed by atoms with Crippen LogP contribution in [0.4, 0.5) is 4.39 Å². The molecule has 0 aliphatic heterocycles. The average Bonchev–Trinajstić information content (AvgIpc) is 2.17. The molecule has 0 bridgehead atoms. The predicted molar refractivity (Wildman–Crippen MR) is 59.8 cm³/mol. The number of nitrogens with two attached hydrogens (primary N) is 1. The van der Waals surface area contributed by atoms with Crippen molar-refractivity contribution in [3.8, 4) is 11.5 Å². The lowest BCUT2D eigenvalue weighted by Gasteiger charge is -2.16. The lowest BCUT2D eigenvalue weighted by Crippen LogP contribution is -2.08. The van der Waals surface area contributed by atoms with Crippen molar-refractivity contribution in [2.24, 2.45) is 5.73 Å². The smallest absolute Gasteiger partial charge is 0.172 e. The highest BCUT2D eigenvalue weighted by molar-refractivity contribution is 9.10. The predicted octanol–water partition coefficient (Wildman–Crippen LogP) is 2.63. The summed E-state index contributed by atoms with van der Waals surface area (Å²) in [5, 5.41) is 0. The molecule has 1 aromatic rings. The number of ether oxygens (including phenoxy) is 2. The first-order chi connectivity index (χ1) is 7.02. The monoisotopic (exact) mass is 277 g/mol. The lowest BCUT2D eigenvalue weighted by atomic mass is 10.1. The molecule has 0 heterocycles. The Morgan fingerprint density at radius 1 is 1.33 bits per heavy atom. The normalized spacial score (nSPS) is 12.4. The summed E-state index contributed by atoms with van der Waals surface area (Å²) >= 11 is 3.23. The van der Waals surface area contributed by atoms with Crippen molar-refractivity contribution in [1.82, 2.24) is 0 Å². The third kappa shape index (κ3) is 2.23. The molecule has 1 unspecified atom stereocenters. The maximum absolute atomic E-state index is 13.5. The molecule has 1 rings (SSSR count). The van der Waals surface area contributed by atoms with E-state index < -0.39 is 5.82 Å². The van der Waals surface area contributed by atoms with Gasteiger partial charge in [-0.15, -0.1) is 0 Å². The van der Waals surface area contributed by atoms with Crippen LogP contribution in [0.25, 0.3) is 0 Å². The van der Waals surface area contributed by atoms with Crippen molar-refractivity contribution in [2.75, 3.05) is 14.2 Å². The van der Waals surface area contributed by atoms with Crippen LogP contribution in [-0.4, -0.2) is 14.2 Å². The zero-order chi connectivity index (χ0) is 11.6. The van der Waals surface area contributed by atoms with Crippen molar-refractivity contribution in [3.63, 3.8) is 0 Å². The number of rotatable bonds is 3. The third-order valence-electron chi connectivity index (χ3n) is 2.06. The van der Waals surface area contributed by atoms with Crippen molar-refractivity contribution >= 4 is 15.9 Å². The van der Waals surface area contributed by atoms with E-state index in [0.717, 1.165) is 0 Å². The summed E-state index contributed by atoms with van der Waals surface area (Å²) in [6, 6.07) is 1.02. The number of benzene rings is 1. The van der Waals surface area contributed by atoms with Crippen LogP contribution in [0.2, 0.25) is 0 Å². The van der Waals surface area contributed by atoms with E-state index in [1.165, 1.54) is 20.3 Å². The van der Waals surface area contributed by atoms with Crippen LogP contribution in [0.1, 0.15) is 18.5 Å². The quantitative estimate of drug-likeness (QED) is 0.924. The number of halogens is 2. The van der Waals surface area contributed by atoms with Crippen molar-refractivity contribution in [2.45, 2.75) is 13.0 Å². The van der Waals surface area contributed by atoms with Crippen molar-refractivity contribution < 1.29 is 13.9 Å². The fourth-order valence-corrected chi connectivity index (χ4v) is 2.08. The van der Waals surface area contributed by atoms with Gasteiger partial charge in [-0.3, -0.25) is 0 Å². The van der Waals surface area contributed by atoms with E-state index in [9.17, 15) is 4.39 Å². The summed E-state index contributed by atoms with van der Waals surface area (Å²) in [6.45, 7) is 1.76. The number of methoxy groups -OCH3 is 2. The Kier molecular flexibility index (Phi) is 3.93. The van der Waals surface area contributed by atoms with Gasteiger partial charge >= 0.3 is 0 Å². The van der Waals surface area contributed by atoms with Crippen LogP contribution in [0.5, 0.6) is 11.5 Å². The highest BCUT2D eigenvalue weighted by atomic mass is 79.9. The maximum atomic E-state index is 13.5. The van der Waals surface area contributed by atoms with Crippen molar-refractivity contribution in [3.05, 3.63) is 21.9 Å². The van der Waals surface area contributed by atoms with Gasteiger partial charge in [0.05, 0.1) is 14.2 Å². The molecule has 0 saturated carbocycles. The van der Waals surface area contributed by atoms with Gasteiger partial charge in [0, 0.05) is 11.6 Å². The Labute approximate surface area is 96.5 Å². The molecule has 1 aromatic carbocycles. The maximum Gasteiger partial charge on any atom is 0.172 e. The van der Waals surface area contributed by atoms with Gasteiger partial charge in [0.2, 0.25) is 0 Å². The van der Waals surface area contributed by atoms with Crippen LogP contribution in [0.3, 0.4) is 0 Å². The zero-order valence-electron chi connectivity index (χ0n) is 8.80. The van der Waals surface area contributed by atoms with E-state index in [0.29, 0.717) is 15.8 Å². The van der Waals surface area contributed by atoms with Gasteiger partial charge in [0.25, 0.3) is 0 Å². The molecule has 15 heavy (non-hydrogen) atoms. The summed E-state index contributed by atoms with van der Waals surface area (Å²) in [5.41, 5.74) is 6.31. The molecule has 5 heteroatoms. The van der Waals surface area contributed by atoms with Gasteiger partial charge in [-0.25, -0.2) is 4.39 Å². The highest BCUT2D eigenvalue weighted by Crippen LogP contribution is 2.40. The molecule has 0 spiro atoms. The molecular weight excluding hydrogens is 265 g/mol. The van der Waals surface area contributed by atoms with E-state index in [4.69, 9.17) is 15.2 Å². The van der Waals surface area contributed by atoms with Gasteiger partial charge < -0.3 is 15.2 Å². The molecule has 3 nitrogen and oxygen atoms in total. The third-order valence-corrected chi connectivity index (χ3v) is 2.78. The van der Waals surface area contributed by atoms with E-state index in [2.05, 4.69) is 15.9 Å². The van der Waals surface area contributed by atoms with Gasteiger partial charge in [0.1, 0.15) is 10.2 Å². The van der Waals surface area contributed by atoms with E-state index >= 15 is 0 Å². The first kappa shape index (κ1) is 12.3. The van der Waals surface area contributed by atoms with Crippen molar-refractivity contribution in [1.29, 1.82) is 0 Å². The molecule has 2 N–H and O–H groups in total. The van der Waals surface area contributed by atoms with E-state index in [-0.39, 0.29) is 11.8 Å². The highest BCUT2D eigenvalue weighted by Gasteiger charge is 2.19. The fraction of sp³-hybridized carbons (Fsp3) is 0.400. The Balaban J connectivity index is 3.44. The number of hydrogen-bond acceptors (Lipinski definition) is 3. The minimum atomic E-state index is -0.461. The van der Waals surface area contributed by atoms with E-state index in [1.54, 1.807) is 6.92 Å². The minimum absolute atomic E-state index is 0.122. The van der Waals surface area contributed by atoms with Gasteiger partial charge in [-0.2, -0.15) is 0 Å². The molecular formula is C10H13BrFNO2. The van der Waals surface area contributed by atoms with Crippen LogP contribution in [0, 0.1) is 5.82 Å². The molecule has 0 fully saturated rings. The largest absolute Gasteiger partial charge is 0.495 e. The molecule has 0 aliphatic rings. The summed E-state index contributed by atoms with van der Waals surface area (Å²) in [6.07, 6.45) is 0. The second kappa shape index (κ2) is 4.81. The standard InChI is InChI=1S/C10H13BrFNO2/c1-5(13)6-4-7(12)10(15-3)8(11)9(6)14-2/h4-5H,13H2,1-3H3. The first-order valence-electron chi connectivity index (χ1n) is 4.38. The Hall–Kier alpha value is -0.810. The van der Waals surface area contributed by atoms with Gasteiger partial charge in [-0.1, -0.05) is 0 Å². The summed E-state index contributed by atoms with van der Waals surface area (Å²) < 4.78 is 24.0. The molecule has 1 atom stereocenters. The second-order valence-corrected chi connectivity index (χ2v) is 3.91. The topological polar surface area (TPSA) is 44.5 Å². The zero-order valence-corrected chi connectivity index (χ0v) is 10.4. The molecule has 0 amide bonds. The molecule has 0 radical (unpaired) electrons. The second-order valence-electron chi connectivity index (χ2n) is 3.12. The van der Waals surface area contributed by atoms with Crippen LogP contribution in [0.15, 0.2) is 10.5 Å². The molecule has 0 aromatic heterocycles. The average molecular weight is 278 g/mol. The SMILES string of the molecule is COc1c(F)cc(C(C)N)c(OC)c1Br. The summed E-state index contributed by atoms with van der Waals surface area (Å²) in [7, 11) is 2.90. The van der Waals surface area contributed by atoms with Gasteiger partial charge in [0.15, 0.2) is 11.6 Å². The van der Waals surface area contributed by atoms with Crippen LogP contribution in [-0.2, 0) is 0 Å². The Morgan fingerprint density at radius 2 is 1.87 bits per heavy atom. The summed E-state index contributed by atoms with van der Waals surface area (Å²) in [5.74, 6) is 0.164. The molecule has 0 saturated heterocycles. The van der Waals surface area contributed by atoms with Gasteiger partial charge in [-0.05, 0) is 28.9 Å². The Bertz CT molecular complexity index is 369. The molecule has 0 aliphatic carbocycles. The molecule has 84 valence electrons.